The molecule has 0 radical (unpaired) electrons. The van der Waals surface area contributed by atoms with Gasteiger partial charge < -0.3 is 9.47 Å². The summed E-state index contributed by atoms with van der Waals surface area (Å²) >= 11 is 9.37. The van der Waals surface area contributed by atoms with Crippen molar-refractivity contribution in [2.24, 2.45) is 0 Å². The first kappa shape index (κ1) is 15.6. The fourth-order valence-electron chi connectivity index (χ4n) is 1.69. The number of hydrogen-bond donors (Lipinski definition) is 0. The molecule has 0 amide bonds. The molecule has 4 heteroatoms. The normalized spacial score (nSPS) is 10.4. The van der Waals surface area contributed by atoms with Crippen molar-refractivity contribution in [3.05, 3.63) is 22.2 Å². The molecule has 0 saturated carbocycles. The Hall–Kier alpha value is -0.410. The summed E-state index contributed by atoms with van der Waals surface area (Å²) in [6.07, 6.45) is 4.80. The first-order valence-electron chi connectivity index (χ1n) is 6.28. The number of ether oxygens (including phenoxy) is 2. The second-order valence-corrected chi connectivity index (χ2v) is 5.26. The number of rotatable bonds is 8. The van der Waals surface area contributed by atoms with Crippen molar-refractivity contribution in [1.29, 1.82) is 0 Å². The fraction of sp³-hybridized carbons (Fsp3) is 0.571. The summed E-state index contributed by atoms with van der Waals surface area (Å²) in [7, 11) is 1.64. The molecule has 102 valence electrons. The second kappa shape index (κ2) is 8.65. The molecular weight excluding hydrogens is 316 g/mol. The minimum atomic E-state index is 0.419. The molecule has 18 heavy (non-hydrogen) atoms. The second-order valence-electron chi connectivity index (χ2n) is 4.14. The zero-order valence-corrected chi connectivity index (χ0v) is 13.3. The quantitative estimate of drug-likeness (QED) is 0.483. The molecule has 0 spiro atoms. The molecule has 0 fully saturated rings. The lowest BCUT2D eigenvalue weighted by Crippen LogP contribution is -1.99. The molecule has 0 N–H and O–H groups in total. The van der Waals surface area contributed by atoms with Crippen LogP contribution in [0.4, 0.5) is 0 Å². The molecule has 0 heterocycles. The third kappa shape index (κ3) is 4.69. The Morgan fingerprint density at radius 2 is 1.94 bits per heavy atom. The predicted octanol–water partition coefficient (Wildman–Crippen LogP) is 5.16. The van der Waals surface area contributed by atoms with Crippen LogP contribution in [-0.4, -0.2) is 13.7 Å². The van der Waals surface area contributed by atoms with Crippen molar-refractivity contribution in [1.82, 2.24) is 0 Å². The molecule has 0 saturated heterocycles. The van der Waals surface area contributed by atoms with Gasteiger partial charge in [0.15, 0.2) is 0 Å². The monoisotopic (exact) mass is 334 g/mol. The summed E-state index contributed by atoms with van der Waals surface area (Å²) in [5, 5.41) is 0. The highest BCUT2D eigenvalue weighted by molar-refractivity contribution is 9.10. The summed E-state index contributed by atoms with van der Waals surface area (Å²) in [6.45, 7) is 2.94. The molecule has 1 aromatic carbocycles. The van der Waals surface area contributed by atoms with E-state index in [1.165, 1.54) is 19.3 Å². The van der Waals surface area contributed by atoms with E-state index in [4.69, 9.17) is 21.1 Å². The Labute approximate surface area is 123 Å². The Morgan fingerprint density at radius 3 is 2.56 bits per heavy atom. The van der Waals surface area contributed by atoms with Gasteiger partial charge in [0, 0.05) is 5.56 Å². The van der Waals surface area contributed by atoms with Crippen LogP contribution in [0.5, 0.6) is 11.5 Å². The summed E-state index contributed by atoms with van der Waals surface area (Å²) in [5.41, 5.74) is 0.950. The average molecular weight is 336 g/mol. The largest absolute Gasteiger partial charge is 0.496 e. The van der Waals surface area contributed by atoms with E-state index in [1.54, 1.807) is 7.11 Å². The molecule has 0 aliphatic heterocycles. The molecule has 0 aliphatic carbocycles. The number of alkyl halides is 1. The molecule has 2 nitrogen and oxygen atoms in total. The van der Waals surface area contributed by atoms with E-state index in [-0.39, 0.29) is 0 Å². The van der Waals surface area contributed by atoms with E-state index in [1.807, 2.05) is 12.1 Å². The molecule has 0 bridgehead atoms. The minimum absolute atomic E-state index is 0.419. The number of hydrogen-bond acceptors (Lipinski definition) is 2. The number of benzene rings is 1. The highest BCUT2D eigenvalue weighted by Gasteiger charge is 2.09. The Morgan fingerprint density at radius 1 is 1.17 bits per heavy atom. The van der Waals surface area contributed by atoms with Gasteiger partial charge in [0.2, 0.25) is 0 Å². The van der Waals surface area contributed by atoms with Crippen LogP contribution in [0.1, 0.15) is 38.2 Å². The maximum atomic E-state index is 5.89. The van der Waals surface area contributed by atoms with Crippen LogP contribution >= 0.6 is 27.5 Å². The van der Waals surface area contributed by atoms with Gasteiger partial charge in [-0.2, -0.15) is 0 Å². The van der Waals surface area contributed by atoms with E-state index >= 15 is 0 Å². The SMILES string of the molecule is CCCCCCOc1cc(CCl)c(OC)cc1Br. The predicted molar refractivity (Wildman–Crippen MR) is 79.9 cm³/mol. The Kier molecular flexibility index (Phi) is 7.52. The van der Waals surface area contributed by atoms with E-state index in [9.17, 15) is 0 Å². The summed E-state index contributed by atoms with van der Waals surface area (Å²) in [5.74, 6) is 2.04. The van der Waals surface area contributed by atoms with Gasteiger partial charge in [0.1, 0.15) is 11.5 Å². The highest BCUT2D eigenvalue weighted by Crippen LogP contribution is 2.33. The van der Waals surface area contributed by atoms with Crippen LogP contribution in [0.15, 0.2) is 16.6 Å². The van der Waals surface area contributed by atoms with Crippen molar-refractivity contribution >= 4 is 27.5 Å². The molecule has 0 aliphatic rings. The third-order valence-electron chi connectivity index (χ3n) is 2.73. The van der Waals surface area contributed by atoms with Crippen LogP contribution in [-0.2, 0) is 5.88 Å². The first-order valence-corrected chi connectivity index (χ1v) is 7.60. The van der Waals surface area contributed by atoms with Gasteiger partial charge in [0.25, 0.3) is 0 Å². The molecule has 1 rings (SSSR count). The van der Waals surface area contributed by atoms with Crippen molar-refractivity contribution in [2.45, 2.75) is 38.5 Å². The standard InChI is InChI=1S/C14H20BrClO2/c1-3-4-5-6-7-18-14-8-11(10-16)13(17-2)9-12(14)15/h8-9H,3-7,10H2,1-2H3. The van der Waals surface area contributed by atoms with E-state index < -0.39 is 0 Å². The summed E-state index contributed by atoms with van der Waals surface area (Å²) in [4.78, 5) is 0. The average Bonchev–Trinajstić information content (AvgIpc) is 2.39. The van der Waals surface area contributed by atoms with Crippen LogP contribution in [0, 0.1) is 0 Å². The first-order chi connectivity index (χ1) is 8.72. The van der Waals surface area contributed by atoms with Gasteiger partial charge in [-0.1, -0.05) is 26.2 Å². The molecule has 0 unspecified atom stereocenters. The maximum Gasteiger partial charge on any atom is 0.134 e. The maximum absolute atomic E-state index is 5.89. The lowest BCUT2D eigenvalue weighted by Gasteiger charge is -2.12. The molecule has 0 atom stereocenters. The van der Waals surface area contributed by atoms with Crippen LogP contribution in [0.2, 0.25) is 0 Å². The number of halogens is 2. The van der Waals surface area contributed by atoms with Crippen LogP contribution < -0.4 is 9.47 Å². The van der Waals surface area contributed by atoms with Gasteiger partial charge in [0.05, 0.1) is 24.1 Å². The molecule has 0 aromatic heterocycles. The van der Waals surface area contributed by atoms with Crippen molar-refractivity contribution < 1.29 is 9.47 Å². The zero-order valence-electron chi connectivity index (χ0n) is 11.0. The fourth-order valence-corrected chi connectivity index (χ4v) is 2.34. The van der Waals surface area contributed by atoms with Crippen LogP contribution in [0.25, 0.3) is 0 Å². The lowest BCUT2D eigenvalue weighted by atomic mass is 10.2. The molecular formula is C14H20BrClO2. The smallest absolute Gasteiger partial charge is 0.134 e. The Bertz CT molecular complexity index is 369. The summed E-state index contributed by atoms with van der Waals surface area (Å²) < 4.78 is 11.9. The highest BCUT2D eigenvalue weighted by atomic mass is 79.9. The zero-order chi connectivity index (χ0) is 13.4. The number of unbranched alkanes of at least 4 members (excludes halogenated alkanes) is 3. The van der Waals surface area contributed by atoms with Crippen molar-refractivity contribution in [2.75, 3.05) is 13.7 Å². The van der Waals surface area contributed by atoms with Gasteiger partial charge in [-0.3, -0.25) is 0 Å². The topological polar surface area (TPSA) is 18.5 Å². The van der Waals surface area contributed by atoms with E-state index in [2.05, 4.69) is 22.9 Å². The van der Waals surface area contributed by atoms with Gasteiger partial charge in [-0.05, 0) is 34.5 Å². The Balaban J connectivity index is 2.59. The lowest BCUT2D eigenvalue weighted by molar-refractivity contribution is 0.302. The van der Waals surface area contributed by atoms with Crippen LogP contribution in [0.3, 0.4) is 0 Å². The van der Waals surface area contributed by atoms with Gasteiger partial charge >= 0.3 is 0 Å². The van der Waals surface area contributed by atoms with Crippen molar-refractivity contribution in [3.8, 4) is 11.5 Å². The van der Waals surface area contributed by atoms with Gasteiger partial charge in [-0.15, -0.1) is 11.6 Å². The van der Waals surface area contributed by atoms with Gasteiger partial charge in [-0.25, -0.2) is 0 Å². The molecule has 1 aromatic rings. The third-order valence-corrected chi connectivity index (χ3v) is 3.64. The minimum Gasteiger partial charge on any atom is -0.496 e. The summed E-state index contributed by atoms with van der Waals surface area (Å²) in [6, 6.07) is 3.84. The van der Waals surface area contributed by atoms with Crippen molar-refractivity contribution in [3.63, 3.8) is 0 Å². The van der Waals surface area contributed by atoms with E-state index in [0.29, 0.717) is 5.88 Å². The number of methoxy groups -OCH3 is 1. The van der Waals surface area contributed by atoms with E-state index in [0.717, 1.165) is 34.6 Å².